The number of hydrogen-bond donors (Lipinski definition) is 4. The number of carboxylic acid groups (broad SMARTS) is 1. The van der Waals surface area contributed by atoms with Gasteiger partial charge in [0.05, 0.1) is 6.42 Å². The van der Waals surface area contributed by atoms with E-state index in [2.05, 4.69) is 17.6 Å². The molecule has 0 bridgehead atoms. The van der Waals surface area contributed by atoms with Crippen molar-refractivity contribution in [3.05, 3.63) is 48.0 Å². The second kappa shape index (κ2) is 16.0. The van der Waals surface area contributed by atoms with E-state index >= 15 is 0 Å². The van der Waals surface area contributed by atoms with Gasteiger partial charge in [-0.1, -0.05) is 89.4 Å². The SMILES string of the molecule is CCCC[C@H](C)[C@H](CC(=O)N[C@@H](Cc1cccc2ccccc12)C(=O)N[C@@H](C)C(=O)O)OC(=O)[C@H](N)[C@@H](C)CC. The van der Waals surface area contributed by atoms with Crippen LogP contribution in [0.3, 0.4) is 0 Å². The average molecular weight is 556 g/mol. The fourth-order valence-electron chi connectivity index (χ4n) is 4.50. The van der Waals surface area contributed by atoms with E-state index in [1.54, 1.807) is 0 Å². The molecule has 0 unspecified atom stereocenters. The molecule has 0 aliphatic rings. The van der Waals surface area contributed by atoms with Crippen LogP contribution in [-0.2, 0) is 30.3 Å². The van der Waals surface area contributed by atoms with Crippen LogP contribution in [0.25, 0.3) is 10.8 Å². The summed E-state index contributed by atoms with van der Waals surface area (Å²) in [5, 5.41) is 16.5. The molecule has 2 amide bonds. The number of carboxylic acids is 1. The molecule has 0 saturated carbocycles. The lowest BCUT2D eigenvalue weighted by atomic mass is 9.94. The lowest BCUT2D eigenvalue weighted by Gasteiger charge is -2.27. The molecule has 0 heterocycles. The van der Waals surface area contributed by atoms with Crippen molar-refractivity contribution < 1.29 is 29.0 Å². The highest BCUT2D eigenvalue weighted by atomic mass is 16.5. The second-order valence-electron chi connectivity index (χ2n) is 10.7. The van der Waals surface area contributed by atoms with Crippen LogP contribution in [0, 0.1) is 11.8 Å². The summed E-state index contributed by atoms with van der Waals surface area (Å²) < 4.78 is 5.78. The van der Waals surface area contributed by atoms with E-state index in [1.165, 1.54) is 6.92 Å². The zero-order chi connectivity index (χ0) is 29.8. The molecule has 0 aromatic heterocycles. The first kappa shape index (κ1) is 32.8. The largest absolute Gasteiger partial charge is 0.480 e. The minimum absolute atomic E-state index is 0.0714. The van der Waals surface area contributed by atoms with E-state index in [4.69, 9.17) is 10.5 Å². The van der Waals surface area contributed by atoms with Gasteiger partial charge in [-0.3, -0.25) is 19.2 Å². The van der Waals surface area contributed by atoms with Gasteiger partial charge in [0.2, 0.25) is 11.8 Å². The Hall–Kier alpha value is -3.46. The maximum absolute atomic E-state index is 13.3. The van der Waals surface area contributed by atoms with Crippen LogP contribution < -0.4 is 16.4 Å². The van der Waals surface area contributed by atoms with Crippen LogP contribution in [0.1, 0.15) is 72.3 Å². The smallest absolute Gasteiger partial charge is 0.325 e. The van der Waals surface area contributed by atoms with Crippen molar-refractivity contribution in [2.45, 2.75) is 97.4 Å². The molecule has 0 fully saturated rings. The quantitative estimate of drug-likeness (QED) is 0.229. The van der Waals surface area contributed by atoms with Gasteiger partial charge in [0.1, 0.15) is 24.2 Å². The Morgan fingerprint density at radius 2 is 1.62 bits per heavy atom. The summed E-state index contributed by atoms with van der Waals surface area (Å²) in [5.74, 6) is -2.98. The highest BCUT2D eigenvalue weighted by Gasteiger charge is 2.31. The van der Waals surface area contributed by atoms with Crippen LogP contribution in [0.2, 0.25) is 0 Å². The predicted molar refractivity (Wildman–Crippen MR) is 155 cm³/mol. The van der Waals surface area contributed by atoms with Crippen molar-refractivity contribution in [1.29, 1.82) is 0 Å². The molecule has 0 radical (unpaired) electrons. The molecule has 40 heavy (non-hydrogen) atoms. The molecule has 220 valence electrons. The predicted octanol–water partition coefficient (Wildman–Crippen LogP) is 3.96. The fourth-order valence-corrected chi connectivity index (χ4v) is 4.50. The van der Waals surface area contributed by atoms with Gasteiger partial charge in [-0.2, -0.15) is 0 Å². The van der Waals surface area contributed by atoms with E-state index in [-0.39, 0.29) is 24.7 Å². The monoisotopic (exact) mass is 555 g/mol. The number of amides is 2. The number of aliphatic carboxylic acids is 1. The fraction of sp³-hybridized carbons (Fsp3) is 0.548. The number of rotatable bonds is 16. The van der Waals surface area contributed by atoms with Gasteiger partial charge in [0.15, 0.2) is 0 Å². The molecule has 0 saturated heterocycles. The molecule has 2 aromatic rings. The lowest BCUT2D eigenvalue weighted by Crippen LogP contribution is -2.52. The van der Waals surface area contributed by atoms with Crippen molar-refractivity contribution in [3.8, 4) is 0 Å². The molecule has 0 spiro atoms. The number of nitrogens with two attached hydrogens (primary N) is 1. The molecule has 2 rings (SSSR count). The molecular weight excluding hydrogens is 510 g/mol. The molecule has 0 aliphatic carbocycles. The first-order valence-corrected chi connectivity index (χ1v) is 14.2. The molecule has 9 nitrogen and oxygen atoms in total. The third-order valence-corrected chi connectivity index (χ3v) is 7.52. The van der Waals surface area contributed by atoms with Crippen molar-refractivity contribution in [3.63, 3.8) is 0 Å². The maximum atomic E-state index is 13.3. The summed E-state index contributed by atoms with van der Waals surface area (Å²) in [6, 6.07) is 10.5. The Morgan fingerprint density at radius 1 is 0.950 bits per heavy atom. The Labute approximate surface area is 237 Å². The van der Waals surface area contributed by atoms with Crippen molar-refractivity contribution in [1.82, 2.24) is 10.6 Å². The summed E-state index contributed by atoms with van der Waals surface area (Å²) in [6.07, 6.45) is 2.64. The summed E-state index contributed by atoms with van der Waals surface area (Å²) in [5.41, 5.74) is 6.93. The lowest BCUT2D eigenvalue weighted by molar-refractivity contribution is -0.156. The number of ether oxygens (including phenoxy) is 1. The number of nitrogens with one attached hydrogen (secondary N) is 2. The van der Waals surface area contributed by atoms with E-state index in [0.717, 1.165) is 35.6 Å². The zero-order valence-corrected chi connectivity index (χ0v) is 24.3. The number of unbranched alkanes of at least 4 members (excludes halogenated alkanes) is 1. The van der Waals surface area contributed by atoms with Crippen molar-refractivity contribution in [2.24, 2.45) is 17.6 Å². The number of fused-ring (bicyclic) bond motifs is 1. The van der Waals surface area contributed by atoms with Crippen LogP contribution in [0.5, 0.6) is 0 Å². The van der Waals surface area contributed by atoms with Gasteiger partial charge in [-0.15, -0.1) is 0 Å². The Balaban J connectivity index is 2.28. The average Bonchev–Trinajstić information content (AvgIpc) is 2.94. The minimum atomic E-state index is -1.18. The molecule has 9 heteroatoms. The molecule has 0 aliphatic heterocycles. The van der Waals surface area contributed by atoms with Gasteiger partial charge >= 0.3 is 11.9 Å². The third kappa shape index (κ3) is 9.62. The normalized spacial score (nSPS) is 15.8. The Morgan fingerprint density at radius 3 is 2.27 bits per heavy atom. The van der Waals surface area contributed by atoms with Crippen LogP contribution >= 0.6 is 0 Å². The molecular formula is C31H45N3O6. The van der Waals surface area contributed by atoms with Gasteiger partial charge in [0.25, 0.3) is 0 Å². The second-order valence-corrected chi connectivity index (χ2v) is 10.7. The van der Waals surface area contributed by atoms with E-state index in [1.807, 2.05) is 63.2 Å². The van der Waals surface area contributed by atoms with E-state index < -0.39 is 48.0 Å². The van der Waals surface area contributed by atoms with Crippen LogP contribution in [0.4, 0.5) is 0 Å². The maximum Gasteiger partial charge on any atom is 0.325 e. The summed E-state index contributed by atoms with van der Waals surface area (Å²) in [6.45, 7) is 9.18. The van der Waals surface area contributed by atoms with Gasteiger partial charge in [-0.05, 0) is 41.5 Å². The van der Waals surface area contributed by atoms with Crippen LogP contribution in [-0.4, -0.2) is 53.1 Å². The zero-order valence-electron chi connectivity index (χ0n) is 24.3. The van der Waals surface area contributed by atoms with E-state index in [0.29, 0.717) is 6.42 Å². The summed E-state index contributed by atoms with van der Waals surface area (Å²) in [4.78, 5) is 50.7. The van der Waals surface area contributed by atoms with Crippen molar-refractivity contribution in [2.75, 3.05) is 0 Å². The summed E-state index contributed by atoms with van der Waals surface area (Å²) >= 11 is 0. The van der Waals surface area contributed by atoms with Crippen LogP contribution in [0.15, 0.2) is 42.5 Å². The highest BCUT2D eigenvalue weighted by molar-refractivity contribution is 5.92. The topological polar surface area (TPSA) is 148 Å². The summed E-state index contributed by atoms with van der Waals surface area (Å²) in [7, 11) is 0. The van der Waals surface area contributed by atoms with E-state index in [9.17, 15) is 24.3 Å². The van der Waals surface area contributed by atoms with Gasteiger partial charge in [-0.25, -0.2) is 0 Å². The first-order chi connectivity index (χ1) is 19.0. The first-order valence-electron chi connectivity index (χ1n) is 14.2. The molecule has 5 N–H and O–H groups in total. The Kier molecular flexibility index (Phi) is 13.1. The third-order valence-electron chi connectivity index (χ3n) is 7.52. The molecule has 2 aromatic carbocycles. The highest BCUT2D eigenvalue weighted by Crippen LogP contribution is 2.22. The Bertz CT molecular complexity index is 1150. The minimum Gasteiger partial charge on any atom is -0.480 e. The number of esters is 1. The standard InChI is InChI=1S/C31H45N3O6/c1-6-8-12-20(4)26(40-31(39)28(32)19(3)7-2)18-27(35)34-25(29(36)33-21(5)30(37)38)17-23-15-11-14-22-13-9-10-16-24(22)23/h9-11,13-16,19-21,25-26,28H,6-8,12,17-18,32H2,1-5H3,(H,33,36)(H,34,35)(H,37,38)/t19-,20-,21-,25-,26-,28+/m0/s1. The number of benzene rings is 2. The number of hydrogen-bond acceptors (Lipinski definition) is 6. The van der Waals surface area contributed by atoms with Gasteiger partial charge in [0, 0.05) is 6.42 Å². The van der Waals surface area contributed by atoms with Gasteiger partial charge < -0.3 is 26.2 Å². The number of carbonyl (C=O) groups excluding carboxylic acids is 3. The number of carbonyl (C=O) groups is 4. The molecule has 6 atom stereocenters. The van der Waals surface area contributed by atoms with Crippen molar-refractivity contribution >= 4 is 34.5 Å².